The van der Waals surface area contributed by atoms with Gasteiger partial charge in [-0.25, -0.2) is 0 Å². The van der Waals surface area contributed by atoms with Crippen LogP contribution in [0.25, 0.3) is 0 Å². The van der Waals surface area contributed by atoms with Gasteiger partial charge in [-0.15, -0.1) is 0 Å². The molecule has 3 heteroatoms. The first-order valence-corrected chi connectivity index (χ1v) is 6.13. The van der Waals surface area contributed by atoms with E-state index in [-0.39, 0.29) is 0 Å². The van der Waals surface area contributed by atoms with Crippen LogP contribution in [-0.2, 0) is 0 Å². The van der Waals surface area contributed by atoms with Crippen LogP contribution < -0.4 is 4.74 Å². The molecule has 0 saturated carbocycles. The number of methoxy groups -OCH3 is 1. The average molecular weight is 232 g/mol. The molecule has 0 spiro atoms. The van der Waals surface area contributed by atoms with Crippen molar-refractivity contribution in [1.82, 2.24) is 5.01 Å². The van der Waals surface area contributed by atoms with E-state index in [1.807, 2.05) is 24.2 Å². The van der Waals surface area contributed by atoms with Gasteiger partial charge in [0.2, 0.25) is 0 Å². The molecule has 1 atom stereocenters. The van der Waals surface area contributed by atoms with Gasteiger partial charge in [-0.05, 0) is 30.5 Å². The lowest BCUT2D eigenvalue weighted by atomic mass is 9.92. The Labute approximate surface area is 103 Å². The SMILES string of the molecule is COc1cccc(C(C)C2=NN(C)CCC2)c1. The predicted octanol–water partition coefficient (Wildman–Crippen LogP) is 2.88. The fourth-order valence-electron chi connectivity index (χ4n) is 2.21. The Balaban J connectivity index is 2.21. The van der Waals surface area contributed by atoms with Gasteiger partial charge in [-0.3, -0.25) is 0 Å². The summed E-state index contributed by atoms with van der Waals surface area (Å²) >= 11 is 0. The number of rotatable bonds is 3. The van der Waals surface area contributed by atoms with Crippen LogP contribution in [0.3, 0.4) is 0 Å². The molecule has 3 nitrogen and oxygen atoms in total. The second-order valence-corrected chi connectivity index (χ2v) is 4.57. The van der Waals surface area contributed by atoms with Crippen LogP contribution in [0, 0.1) is 0 Å². The first kappa shape index (κ1) is 12.0. The van der Waals surface area contributed by atoms with Crippen LogP contribution in [-0.4, -0.2) is 31.4 Å². The Kier molecular flexibility index (Phi) is 3.67. The molecular weight excluding hydrogens is 212 g/mol. The second-order valence-electron chi connectivity index (χ2n) is 4.57. The molecule has 1 aliphatic rings. The highest BCUT2D eigenvalue weighted by Gasteiger charge is 2.17. The van der Waals surface area contributed by atoms with Crippen molar-refractivity contribution in [3.63, 3.8) is 0 Å². The van der Waals surface area contributed by atoms with Crippen LogP contribution in [0.15, 0.2) is 29.4 Å². The van der Waals surface area contributed by atoms with Gasteiger partial charge < -0.3 is 9.75 Å². The summed E-state index contributed by atoms with van der Waals surface area (Å²) < 4.78 is 5.26. The molecule has 92 valence electrons. The molecule has 0 aliphatic carbocycles. The fourth-order valence-corrected chi connectivity index (χ4v) is 2.21. The van der Waals surface area contributed by atoms with E-state index in [1.54, 1.807) is 7.11 Å². The van der Waals surface area contributed by atoms with Crippen LogP contribution >= 0.6 is 0 Å². The highest BCUT2D eigenvalue weighted by atomic mass is 16.5. The van der Waals surface area contributed by atoms with Crippen molar-refractivity contribution in [1.29, 1.82) is 0 Å². The van der Waals surface area contributed by atoms with E-state index >= 15 is 0 Å². The van der Waals surface area contributed by atoms with E-state index in [1.165, 1.54) is 17.7 Å². The van der Waals surface area contributed by atoms with E-state index < -0.39 is 0 Å². The van der Waals surface area contributed by atoms with Crippen molar-refractivity contribution in [3.05, 3.63) is 29.8 Å². The molecule has 17 heavy (non-hydrogen) atoms. The van der Waals surface area contributed by atoms with E-state index in [9.17, 15) is 0 Å². The Hall–Kier alpha value is -1.51. The fraction of sp³-hybridized carbons (Fsp3) is 0.500. The normalized spacial score (nSPS) is 17.6. The summed E-state index contributed by atoms with van der Waals surface area (Å²) in [4.78, 5) is 0. The minimum Gasteiger partial charge on any atom is -0.497 e. The van der Waals surface area contributed by atoms with Crippen molar-refractivity contribution in [2.75, 3.05) is 20.7 Å². The lowest BCUT2D eigenvalue weighted by Crippen LogP contribution is -2.24. The summed E-state index contributed by atoms with van der Waals surface area (Å²) in [6.45, 7) is 3.28. The maximum Gasteiger partial charge on any atom is 0.119 e. The zero-order chi connectivity index (χ0) is 12.3. The number of hydrogen-bond acceptors (Lipinski definition) is 3. The highest BCUT2D eigenvalue weighted by Crippen LogP contribution is 2.25. The third kappa shape index (κ3) is 2.78. The monoisotopic (exact) mass is 232 g/mol. The molecule has 1 unspecified atom stereocenters. The average Bonchev–Trinajstić information content (AvgIpc) is 2.38. The van der Waals surface area contributed by atoms with Crippen LogP contribution in [0.2, 0.25) is 0 Å². The maximum absolute atomic E-state index is 5.26. The standard InChI is InChI=1S/C14H20N2O/c1-11(14-8-5-9-16(2)15-14)12-6-4-7-13(10-12)17-3/h4,6-7,10-11H,5,8-9H2,1-3H3. The highest BCUT2D eigenvalue weighted by molar-refractivity contribution is 5.90. The Morgan fingerprint density at radius 2 is 2.24 bits per heavy atom. The minimum absolute atomic E-state index is 0.368. The van der Waals surface area contributed by atoms with E-state index in [4.69, 9.17) is 4.74 Å². The molecule has 0 bridgehead atoms. The largest absolute Gasteiger partial charge is 0.497 e. The Morgan fingerprint density at radius 3 is 2.94 bits per heavy atom. The summed E-state index contributed by atoms with van der Waals surface area (Å²) in [6, 6.07) is 8.26. The predicted molar refractivity (Wildman–Crippen MR) is 70.7 cm³/mol. The molecule has 0 saturated heterocycles. The summed E-state index contributed by atoms with van der Waals surface area (Å²) in [5.41, 5.74) is 2.55. The van der Waals surface area contributed by atoms with Crippen molar-refractivity contribution < 1.29 is 4.74 Å². The third-order valence-electron chi connectivity index (χ3n) is 3.31. The molecule has 0 aromatic heterocycles. The number of hydrazone groups is 1. The molecule has 1 heterocycles. The number of ether oxygens (including phenoxy) is 1. The van der Waals surface area contributed by atoms with Gasteiger partial charge in [0.25, 0.3) is 0 Å². The van der Waals surface area contributed by atoms with Gasteiger partial charge >= 0.3 is 0 Å². The Bertz CT molecular complexity index is 414. The van der Waals surface area contributed by atoms with Gasteiger partial charge in [0.15, 0.2) is 0 Å². The molecule has 0 amide bonds. The molecule has 0 N–H and O–H groups in total. The zero-order valence-corrected chi connectivity index (χ0v) is 10.8. The van der Waals surface area contributed by atoms with Crippen LogP contribution in [0.5, 0.6) is 5.75 Å². The molecule has 2 rings (SSSR count). The van der Waals surface area contributed by atoms with Crippen molar-refractivity contribution in [2.24, 2.45) is 5.10 Å². The number of hydrogen-bond donors (Lipinski definition) is 0. The lowest BCUT2D eigenvalue weighted by molar-refractivity contribution is 0.331. The first-order chi connectivity index (χ1) is 8.20. The topological polar surface area (TPSA) is 24.8 Å². The van der Waals surface area contributed by atoms with Gasteiger partial charge in [-0.1, -0.05) is 19.1 Å². The maximum atomic E-state index is 5.26. The molecular formula is C14H20N2O. The van der Waals surface area contributed by atoms with Crippen molar-refractivity contribution in [3.8, 4) is 5.75 Å². The smallest absolute Gasteiger partial charge is 0.119 e. The molecule has 0 radical (unpaired) electrons. The number of benzene rings is 1. The number of nitrogens with zero attached hydrogens (tertiary/aromatic N) is 2. The van der Waals surface area contributed by atoms with Gasteiger partial charge in [0, 0.05) is 25.2 Å². The van der Waals surface area contributed by atoms with Gasteiger partial charge in [0.1, 0.15) is 5.75 Å². The third-order valence-corrected chi connectivity index (χ3v) is 3.31. The van der Waals surface area contributed by atoms with Crippen molar-refractivity contribution in [2.45, 2.75) is 25.7 Å². The summed E-state index contributed by atoms with van der Waals surface area (Å²) in [6.07, 6.45) is 2.30. The summed E-state index contributed by atoms with van der Waals surface area (Å²) in [5.74, 6) is 1.28. The molecule has 1 aromatic rings. The first-order valence-electron chi connectivity index (χ1n) is 6.13. The molecule has 1 aliphatic heterocycles. The summed E-state index contributed by atoms with van der Waals surface area (Å²) in [5, 5.41) is 6.66. The van der Waals surface area contributed by atoms with Crippen LogP contribution in [0.1, 0.15) is 31.2 Å². The van der Waals surface area contributed by atoms with Crippen LogP contribution in [0.4, 0.5) is 0 Å². The van der Waals surface area contributed by atoms with Gasteiger partial charge in [0.05, 0.1) is 7.11 Å². The molecule has 1 aromatic carbocycles. The van der Waals surface area contributed by atoms with Crippen molar-refractivity contribution >= 4 is 5.71 Å². The summed E-state index contributed by atoms with van der Waals surface area (Å²) in [7, 11) is 3.74. The van der Waals surface area contributed by atoms with Gasteiger partial charge in [-0.2, -0.15) is 5.10 Å². The van der Waals surface area contributed by atoms with E-state index in [0.717, 1.165) is 18.7 Å². The minimum atomic E-state index is 0.368. The quantitative estimate of drug-likeness (QED) is 0.800. The Morgan fingerprint density at radius 1 is 1.41 bits per heavy atom. The molecule has 0 fully saturated rings. The van der Waals surface area contributed by atoms with E-state index in [0.29, 0.717) is 5.92 Å². The zero-order valence-electron chi connectivity index (χ0n) is 10.8. The second kappa shape index (κ2) is 5.21. The van der Waals surface area contributed by atoms with E-state index in [2.05, 4.69) is 24.2 Å². The lowest BCUT2D eigenvalue weighted by Gasteiger charge is -2.25.